The SMILES string of the molecule is CCCCP(CCCC)(CCCC)=C(F)[P+](CCCC)(CCCC)CCCC. The van der Waals surface area contributed by atoms with Crippen LogP contribution >= 0.6 is 14.1 Å². The fourth-order valence-electron chi connectivity index (χ4n) is 4.44. The molecule has 0 bridgehead atoms. The molecule has 0 rings (SSSR count). The van der Waals surface area contributed by atoms with Crippen LogP contribution < -0.4 is 0 Å². The molecule has 0 amide bonds. The molecule has 0 aromatic heterocycles. The van der Waals surface area contributed by atoms with E-state index in [0.717, 1.165) is 0 Å². The van der Waals surface area contributed by atoms with Crippen molar-refractivity contribution in [3.05, 3.63) is 0 Å². The number of hydrogen-bond donors (Lipinski definition) is 0. The smallest absolute Gasteiger partial charge is 0.166 e. The summed E-state index contributed by atoms with van der Waals surface area (Å²) in [5.41, 5.74) is 0. The van der Waals surface area contributed by atoms with Crippen molar-refractivity contribution in [2.45, 2.75) is 119 Å². The monoisotopic (exact) mass is 435 g/mol. The molecule has 0 atom stereocenters. The van der Waals surface area contributed by atoms with Gasteiger partial charge in [-0.05, 0) is 63.9 Å². The van der Waals surface area contributed by atoms with Crippen LogP contribution in [0.3, 0.4) is 0 Å². The maximum atomic E-state index is 17.0. The molecule has 0 unspecified atom stereocenters. The molecule has 0 aliphatic heterocycles. The molecule has 0 aliphatic rings. The van der Waals surface area contributed by atoms with Gasteiger partial charge in [-0.1, -0.05) is 80.1 Å². The van der Waals surface area contributed by atoms with Crippen LogP contribution in [0.4, 0.5) is 4.39 Å². The summed E-state index contributed by atoms with van der Waals surface area (Å²) in [5.74, 6) is 0. The molecule has 0 N–H and O–H groups in total. The molecule has 0 aromatic carbocycles. The van der Waals surface area contributed by atoms with Crippen molar-refractivity contribution in [3.63, 3.8) is 0 Å². The van der Waals surface area contributed by atoms with Crippen molar-refractivity contribution in [2.75, 3.05) is 37.0 Å². The highest BCUT2D eigenvalue weighted by atomic mass is 31.2. The van der Waals surface area contributed by atoms with E-state index in [1.54, 1.807) is 0 Å². The lowest BCUT2D eigenvalue weighted by molar-refractivity contribution is 0.808. The molecule has 0 aliphatic carbocycles. The molecular formula is C25H54FP2+. The van der Waals surface area contributed by atoms with Gasteiger partial charge in [0.15, 0.2) is 0 Å². The van der Waals surface area contributed by atoms with E-state index in [9.17, 15) is 0 Å². The van der Waals surface area contributed by atoms with Gasteiger partial charge in [-0.3, -0.25) is 0 Å². The third-order valence-corrected chi connectivity index (χ3v) is 17.6. The van der Waals surface area contributed by atoms with Crippen LogP contribution in [0, 0.1) is 0 Å². The second kappa shape index (κ2) is 17.4. The van der Waals surface area contributed by atoms with Gasteiger partial charge in [0.2, 0.25) is 5.29 Å². The number of hydrogen-bond acceptors (Lipinski definition) is 0. The van der Waals surface area contributed by atoms with E-state index in [1.165, 1.54) is 114 Å². The average Bonchev–Trinajstić information content (AvgIpc) is 2.73. The van der Waals surface area contributed by atoms with Gasteiger partial charge in [-0.2, -0.15) is 4.39 Å². The molecule has 0 nitrogen and oxygen atoms in total. The topological polar surface area (TPSA) is 0 Å². The highest BCUT2D eigenvalue weighted by Crippen LogP contribution is 2.70. The lowest BCUT2D eigenvalue weighted by atomic mass is 10.4. The van der Waals surface area contributed by atoms with Gasteiger partial charge in [-0.25, -0.2) is 0 Å². The highest BCUT2D eigenvalue weighted by Gasteiger charge is 2.45. The van der Waals surface area contributed by atoms with Crippen molar-refractivity contribution in [1.82, 2.24) is 0 Å². The Morgan fingerprint density at radius 2 is 0.821 bits per heavy atom. The lowest BCUT2D eigenvalue weighted by Gasteiger charge is -2.34. The van der Waals surface area contributed by atoms with Gasteiger partial charge >= 0.3 is 0 Å². The quantitative estimate of drug-likeness (QED) is 0.177. The van der Waals surface area contributed by atoms with Crippen LogP contribution in [0.25, 0.3) is 0 Å². The Kier molecular flexibility index (Phi) is 17.8. The molecule has 0 aromatic rings. The van der Waals surface area contributed by atoms with Crippen molar-refractivity contribution >= 4 is 19.4 Å². The van der Waals surface area contributed by atoms with Crippen LogP contribution in [-0.4, -0.2) is 42.3 Å². The minimum atomic E-state index is -1.58. The zero-order valence-electron chi connectivity index (χ0n) is 20.5. The first-order chi connectivity index (χ1) is 13.5. The van der Waals surface area contributed by atoms with Gasteiger partial charge in [0.1, 0.15) is 0 Å². The summed E-state index contributed by atoms with van der Waals surface area (Å²) in [6.45, 7) is 12.2. The van der Waals surface area contributed by atoms with E-state index in [-0.39, 0.29) is 0 Å². The predicted octanol–water partition coefficient (Wildman–Crippen LogP) is 9.88. The number of halogens is 1. The molecule has 0 fully saturated rings. The number of rotatable bonds is 19. The molecule has 0 saturated carbocycles. The fraction of sp³-hybridized carbons (Fsp3) is 0.960. The normalized spacial score (nSPS) is 12.5. The summed E-state index contributed by atoms with van der Waals surface area (Å²) in [6.07, 6.45) is 22.0. The second-order valence-electron chi connectivity index (χ2n) is 9.02. The van der Waals surface area contributed by atoms with Crippen LogP contribution in [0.2, 0.25) is 0 Å². The molecule has 3 heteroatoms. The summed E-state index contributed by atoms with van der Waals surface area (Å²) >= 11 is 0. The minimum Gasteiger partial charge on any atom is -0.166 e. The predicted molar refractivity (Wildman–Crippen MR) is 139 cm³/mol. The Bertz CT molecular complexity index is 366. The van der Waals surface area contributed by atoms with E-state index in [0.29, 0.717) is 5.29 Å². The third kappa shape index (κ3) is 9.65. The molecule has 0 saturated heterocycles. The first-order valence-electron chi connectivity index (χ1n) is 12.8. The van der Waals surface area contributed by atoms with Crippen LogP contribution in [0.5, 0.6) is 0 Å². The Morgan fingerprint density at radius 1 is 0.536 bits per heavy atom. The Hall–Kier alpha value is 0.660. The number of unbranched alkanes of at least 4 members (excludes halogenated alkanes) is 6. The molecule has 28 heavy (non-hydrogen) atoms. The first kappa shape index (κ1) is 28.7. The van der Waals surface area contributed by atoms with Crippen LogP contribution in [-0.2, 0) is 0 Å². The summed E-state index contributed by atoms with van der Waals surface area (Å²) in [5, 5.41) is 0.672. The van der Waals surface area contributed by atoms with Crippen molar-refractivity contribution in [3.8, 4) is 0 Å². The van der Waals surface area contributed by atoms with E-state index >= 15 is 4.39 Å². The third-order valence-electron chi connectivity index (χ3n) is 6.42. The van der Waals surface area contributed by atoms with E-state index in [4.69, 9.17) is 0 Å². The Labute approximate surface area is 179 Å². The fourth-order valence-corrected chi connectivity index (χ4v) is 17.8. The average molecular weight is 436 g/mol. The Balaban J connectivity index is 6.37. The van der Waals surface area contributed by atoms with Crippen LogP contribution in [0.15, 0.2) is 0 Å². The molecular weight excluding hydrogens is 381 g/mol. The molecule has 170 valence electrons. The van der Waals surface area contributed by atoms with Crippen molar-refractivity contribution in [2.24, 2.45) is 0 Å². The summed E-state index contributed by atoms with van der Waals surface area (Å²) in [6, 6.07) is 0. The van der Waals surface area contributed by atoms with E-state index in [2.05, 4.69) is 41.5 Å². The first-order valence-corrected chi connectivity index (χ1v) is 17.5. The maximum Gasteiger partial charge on any atom is 0.230 e. The van der Waals surface area contributed by atoms with Gasteiger partial charge < -0.3 is 0 Å². The summed E-state index contributed by atoms with van der Waals surface area (Å²) in [7, 11) is -1.58. The van der Waals surface area contributed by atoms with E-state index in [1.807, 2.05) is 0 Å². The summed E-state index contributed by atoms with van der Waals surface area (Å²) < 4.78 is 17.0. The molecule has 0 heterocycles. The Morgan fingerprint density at radius 3 is 1.07 bits per heavy atom. The van der Waals surface area contributed by atoms with Crippen LogP contribution in [0.1, 0.15) is 119 Å². The van der Waals surface area contributed by atoms with Crippen molar-refractivity contribution in [1.29, 1.82) is 0 Å². The maximum absolute atomic E-state index is 17.0. The standard InChI is InChI=1S/C25H54FP2/c1-7-13-19-27(20-14-8-2,21-15-9-3)25(26)28(22-16-10-4,23-17-11-5)24-18-12-6/h7-24H2,1-6H3/q+1. The second-order valence-corrected chi connectivity index (χ2v) is 17.4. The largest absolute Gasteiger partial charge is 0.230 e. The molecule has 0 spiro atoms. The molecule has 0 radical (unpaired) electrons. The van der Waals surface area contributed by atoms with Gasteiger partial charge in [0.05, 0.1) is 25.7 Å². The van der Waals surface area contributed by atoms with E-state index < -0.39 is 14.1 Å². The zero-order valence-corrected chi connectivity index (χ0v) is 22.3. The minimum absolute atomic E-state index is 0.672. The van der Waals surface area contributed by atoms with Crippen molar-refractivity contribution < 1.29 is 4.39 Å². The zero-order chi connectivity index (χ0) is 21.3. The highest BCUT2D eigenvalue weighted by molar-refractivity contribution is 8.03. The van der Waals surface area contributed by atoms with Gasteiger partial charge in [-0.15, -0.1) is 0 Å². The van der Waals surface area contributed by atoms with Gasteiger partial charge in [0.25, 0.3) is 0 Å². The van der Waals surface area contributed by atoms with Gasteiger partial charge in [0, 0.05) is 0 Å². The summed E-state index contributed by atoms with van der Waals surface area (Å²) in [4.78, 5) is 0. The lowest BCUT2D eigenvalue weighted by Crippen LogP contribution is -2.19.